The van der Waals surface area contributed by atoms with Crippen molar-refractivity contribution < 1.29 is 19.0 Å². The lowest BCUT2D eigenvalue weighted by Gasteiger charge is -2.22. The highest BCUT2D eigenvalue weighted by molar-refractivity contribution is 6.34. The van der Waals surface area contributed by atoms with E-state index in [9.17, 15) is 0 Å². The summed E-state index contributed by atoms with van der Waals surface area (Å²) >= 11 is 6.14. The van der Waals surface area contributed by atoms with E-state index >= 15 is 0 Å². The minimum absolute atomic E-state index is 0.194. The van der Waals surface area contributed by atoms with Gasteiger partial charge in [0.2, 0.25) is 0 Å². The van der Waals surface area contributed by atoms with E-state index in [2.05, 4.69) is 4.84 Å². The van der Waals surface area contributed by atoms with E-state index in [1.165, 1.54) is 7.11 Å². The monoisotopic (exact) mass is 245 g/mol. The number of methoxy groups -OCH3 is 1. The van der Waals surface area contributed by atoms with Crippen LogP contribution in [0.2, 0.25) is 5.02 Å². The minimum atomic E-state index is 0.194. The van der Waals surface area contributed by atoms with Gasteiger partial charge in [-0.25, -0.2) is 5.90 Å². The fraction of sp³-hybridized carbons (Fsp3) is 0.400. The molecule has 1 aliphatic rings. The van der Waals surface area contributed by atoms with Crippen LogP contribution in [0.3, 0.4) is 0 Å². The summed E-state index contributed by atoms with van der Waals surface area (Å²) in [5, 5.41) is 0.381. The van der Waals surface area contributed by atoms with E-state index < -0.39 is 0 Å². The second-order valence-electron chi connectivity index (χ2n) is 3.22. The van der Waals surface area contributed by atoms with Crippen molar-refractivity contribution in [2.45, 2.75) is 6.61 Å². The van der Waals surface area contributed by atoms with Crippen molar-refractivity contribution in [3.8, 4) is 17.2 Å². The van der Waals surface area contributed by atoms with Gasteiger partial charge in [-0.05, 0) is 6.07 Å². The molecule has 0 bridgehead atoms. The first kappa shape index (κ1) is 11.3. The molecule has 0 aromatic heterocycles. The average molecular weight is 246 g/mol. The van der Waals surface area contributed by atoms with Gasteiger partial charge >= 0.3 is 0 Å². The van der Waals surface area contributed by atoms with Gasteiger partial charge in [-0.1, -0.05) is 11.6 Å². The highest BCUT2D eigenvalue weighted by Gasteiger charge is 2.22. The quantitative estimate of drug-likeness (QED) is 0.818. The topological polar surface area (TPSA) is 62.9 Å². The second-order valence-corrected chi connectivity index (χ2v) is 3.60. The van der Waals surface area contributed by atoms with Crippen molar-refractivity contribution in [3.05, 3.63) is 16.7 Å². The second kappa shape index (κ2) is 4.78. The molecule has 88 valence electrons. The van der Waals surface area contributed by atoms with Gasteiger partial charge in [-0.2, -0.15) is 0 Å². The van der Waals surface area contributed by atoms with E-state index in [1.807, 2.05) is 0 Å². The van der Waals surface area contributed by atoms with E-state index in [0.717, 1.165) is 5.56 Å². The number of rotatable bonds is 3. The molecule has 2 rings (SSSR count). The summed E-state index contributed by atoms with van der Waals surface area (Å²) in [6, 6.07) is 1.76. The molecule has 0 saturated carbocycles. The highest BCUT2D eigenvalue weighted by atomic mass is 35.5. The lowest BCUT2D eigenvalue weighted by atomic mass is 10.1. The zero-order chi connectivity index (χ0) is 11.5. The molecule has 0 radical (unpaired) electrons. The summed E-state index contributed by atoms with van der Waals surface area (Å²) in [5.41, 5.74) is 0.722. The normalized spacial score (nSPS) is 13.7. The van der Waals surface area contributed by atoms with Crippen LogP contribution in [0, 0.1) is 0 Å². The summed E-state index contributed by atoms with van der Waals surface area (Å²) in [6.45, 7) is 1.17. The number of benzene rings is 1. The largest absolute Gasteiger partial charge is 0.495 e. The summed E-state index contributed by atoms with van der Waals surface area (Å²) in [7, 11) is 1.53. The van der Waals surface area contributed by atoms with Crippen LogP contribution in [0.4, 0.5) is 0 Å². The highest BCUT2D eigenvalue weighted by Crippen LogP contribution is 2.45. The van der Waals surface area contributed by atoms with E-state index in [4.69, 9.17) is 31.7 Å². The molecule has 0 saturated heterocycles. The Bertz CT molecular complexity index is 397. The Balaban J connectivity index is 2.50. The summed E-state index contributed by atoms with van der Waals surface area (Å²) in [4.78, 5) is 4.58. The van der Waals surface area contributed by atoms with E-state index in [1.54, 1.807) is 6.07 Å². The minimum Gasteiger partial charge on any atom is -0.495 e. The molecule has 5 nitrogen and oxygen atoms in total. The van der Waals surface area contributed by atoms with Crippen LogP contribution in [0.1, 0.15) is 5.56 Å². The summed E-state index contributed by atoms with van der Waals surface area (Å²) < 4.78 is 16.0. The van der Waals surface area contributed by atoms with Crippen LogP contribution >= 0.6 is 11.6 Å². The van der Waals surface area contributed by atoms with Crippen LogP contribution in [0.25, 0.3) is 0 Å². The Hall–Kier alpha value is -1.17. The molecule has 0 unspecified atom stereocenters. The first-order valence-corrected chi connectivity index (χ1v) is 5.12. The van der Waals surface area contributed by atoms with Gasteiger partial charge in [0.25, 0.3) is 0 Å². The Morgan fingerprint density at radius 2 is 2.19 bits per heavy atom. The number of nitrogens with two attached hydrogens (primary N) is 1. The number of halogens is 1. The third-order valence-electron chi connectivity index (χ3n) is 2.25. The van der Waals surface area contributed by atoms with Gasteiger partial charge in [0.1, 0.15) is 24.0 Å². The Labute approximate surface area is 97.9 Å². The van der Waals surface area contributed by atoms with Crippen molar-refractivity contribution >= 4 is 11.6 Å². The van der Waals surface area contributed by atoms with Crippen molar-refractivity contribution in [1.29, 1.82) is 0 Å². The van der Waals surface area contributed by atoms with Crippen molar-refractivity contribution in [2.24, 2.45) is 5.90 Å². The molecular weight excluding hydrogens is 234 g/mol. The molecule has 0 spiro atoms. The molecule has 0 amide bonds. The van der Waals surface area contributed by atoms with Crippen molar-refractivity contribution in [1.82, 2.24) is 0 Å². The molecule has 16 heavy (non-hydrogen) atoms. The number of fused-ring (bicyclic) bond motifs is 1. The molecule has 2 N–H and O–H groups in total. The van der Waals surface area contributed by atoms with Gasteiger partial charge in [-0.3, -0.25) is 4.84 Å². The van der Waals surface area contributed by atoms with Crippen LogP contribution in [-0.4, -0.2) is 20.3 Å². The predicted molar refractivity (Wildman–Crippen MR) is 58.0 cm³/mol. The summed E-state index contributed by atoms with van der Waals surface area (Å²) in [5.74, 6) is 6.63. The molecular formula is C10H12ClNO4. The maximum absolute atomic E-state index is 6.14. The van der Waals surface area contributed by atoms with Gasteiger partial charge in [-0.15, -0.1) is 0 Å². The van der Waals surface area contributed by atoms with Gasteiger partial charge in [0, 0.05) is 5.56 Å². The van der Waals surface area contributed by atoms with Crippen LogP contribution in [0.5, 0.6) is 17.2 Å². The first-order valence-electron chi connectivity index (χ1n) is 4.74. The molecule has 0 fully saturated rings. The Morgan fingerprint density at radius 1 is 1.44 bits per heavy atom. The SMILES string of the molecule is COc1c(CON)cc2c(c1Cl)OCCO2. The maximum atomic E-state index is 6.14. The molecule has 1 aliphatic heterocycles. The van der Waals surface area contributed by atoms with Gasteiger partial charge in [0.05, 0.1) is 13.7 Å². The van der Waals surface area contributed by atoms with Crippen molar-refractivity contribution in [2.75, 3.05) is 20.3 Å². The zero-order valence-corrected chi connectivity index (χ0v) is 9.54. The Morgan fingerprint density at radius 3 is 2.88 bits per heavy atom. The van der Waals surface area contributed by atoms with Crippen LogP contribution < -0.4 is 20.1 Å². The number of hydrogen-bond acceptors (Lipinski definition) is 5. The van der Waals surface area contributed by atoms with Crippen molar-refractivity contribution in [3.63, 3.8) is 0 Å². The lowest BCUT2D eigenvalue weighted by Crippen LogP contribution is -2.16. The molecule has 0 atom stereocenters. The van der Waals surface area contributed by atoms with E-state index in [0.29, 0.717) is 35.5 Å². The lowest BCUT2D eigenvalue weighted by molar-refractivity contribution is 0.120. The number of ether oxygens (including phenoxy) is 3. The van der Waals surface area contributed by atoms with Crippen LogP contribution in [-0.2, 0) is 11.4 Å². The molecule has 1 aromatic carbocycles. The van der Waals surface area contributed by atoms with Gasteiger partial charge in [0.15, 0.2) is 11.5 Å². The predicted octanol–water partition coefficient (Wildman–Crippen LogP) is 1.51. The molecule has 1 aromatic rings. The fourth-order valence-corrected chi connectivity index (χ4v) is 1.94. The summed E-state index contributed by atoms with van der Waals surface area (Å²) in [6.07, 6.45) is 0. The molecule has 6 heteroatoms. The Kier molecular flexibility index (Phi) is 3.38. The first-order chi connectivity index (χ1) is 7.77. The third-order valence-corrected chi connectivity index (χ3v) is 2.59. The zero-order valence-electron chi connectivity index (χ0n) is 8.79. The fourth-order valence-electron chi connectivity index (χ4n) is 1.60. The molecule has 1 heterocycles. The average Bonchev–Trinajstić information content (AvgIpc) is 2.30. The number of hydrogen-bond donors (Lipinski definition) is 1. The van der Waals surface area contributed by atoms with E-state index in [-0.39, 0.29) is 6.61 Å². The van der Waals surface area contributed by atoms with Crippen LogP contribution in [0.15, 0.2) is 6.07 Å². The standard InChI is InChI=1S/C10H12ClNO4/c1-13-9-6(5-16-12)4-7-10(8(9)11)15-3-2-14-7/h4H,2-3,5,12H2,1H3. The maximum Gasteiger partial charge on any atom is 0.183 e. The molecule has 0 aliphatic carbocycles. The van der Waals surface area contributed by atoms with Gasteiger partial charge < -0.3 is 14.2 Å². The third kappa shape index (κ3) is 1.89. The smallest absolute Gasteiger partial charge is 0.183 e.